The van der Waals surface area contributed by atoms with Gasteiger partial charge in [-0.3, -0.25) is 14.4 Å². The Morgan fingerprint density at radius 2 is 1.70 bits per heavy atom. The molecule has 2 bridgehead atoms. The number of fused-ring (bicyclic) bond motifs is 3. The Balaban J connectivity index is 1.03. The number of carbonyl (C=O) groups is 3. The van der Waals surface area contributed by atoms with Gasteiger partial charge in [0.2, 0.25) is 11.8 Å². The van der Waals surface area contributed by atoms with Crippen LogP contribution in [0.4, 0.5) is 0 Å². The molecule has 1 aromatic rings. The fourth-order valence-corrected chi connectivity index (χ4v) is 5.80. The minimum atomic E-state index is -0.334. The Morgan fingerprint density at radius 1 is 0.933 bits per heavy atom. The maximum atomic E-state index is 12.4. The molecule has 0 aliphatic heterocycles. The summed E-state index contributed by atoms with van der Waals surface area (Å²) in [6.45, 7) is 1.40. The fraction of sp³-hybridized carbons (Fsp3) is 0.640. The van der Waals surface area contributed by atoms with Gasteiger partial charge in [0.15, 0.2) is 5.78 Å². The lowest BCUT2D eigenvalue weighted by Gasteiger charge is -2.20. The van der Waals surface area contributed by atoms with Crippen molar-refractivity contribution in [3.63, 3.8) is 0 Å². The van der Waals surface area contributed by atoms with Gasteiger partial charge in [0.1, 0.15) is 0 Å². The van der Waals surface area contributed by atoms with Gasteiger partial charge in [-0.2, -0.15) is 0 Å². The molecule has 1 aromatic carbocycles. The zero-order chi connectivity index (χ0) is 20.9. The van der Waals surface area contributed by atoms with E-state index in [9.17, 15) is 14.4 Å². The van der Waals surface area contributed by atoms with Crippen molar-refractivity contribution >= 4 is 17.6 Å². The molecule has 5 nitrogen and oxygen atoms in total. The minimum Gasteiger partial charge on any atom is -0.356 e. The van der Waals surface area contributed by atoms with Gasteiger partial charge in [0.05, 0.1) is 5.92 Å². The zero-order valence-corrected chi connectivity index (χ0v) is 17.8. The summed E-state index contributed by atoms with van der Waals surface area (Å²) in [6, 6.07) is 7.42. The molecule has 162 valence electrons. The van der Waals surface area contributed by atoms with Crippen LogP contribution in [0, 0.1) is 17.8 Å². The first kappa shape index (κ1) is 21.1. The van der Waals surface area contributed by atoms with Gasteiger partial charge in [-0.15, -0.1) is 0 Å². The number of hydrogen-bond donors (Lipinski definition) is 2. The quantitative estimate of drug-likeness (QED) is 0.573. The predicted octanol–water partition coefficient (Wildman–Crippen LogP) is 3.98. The SMILES string of the molecule is O=C(CC1CC2CCC1C2)NCCCCCCNC(=O)C1CC(=O)c2ccccc21. The largest absolute Gasteiger partial charge is 0.356 e. The fourth-order valence-electron chi connectivity index (χ4n) is 5.80. The van der Waals surface area contributed by atoms with E-state index in [0.717, 1.165) is 56.0 Å². The Labute approximate surface area is 179 Å². The average molecular weight is 411 g/mol. The van der Waals surface area contributed by atoms with Crippen LogP contribution < -0.4 is 10.6 Å². The number of carbonyl (C=O) groups excluding carboxylic acids is 3. The predicted molar refractivity (Wildman–Crippen MR) is 116 cm³/mol. The molecular weight excluding hydrogens is 376 g/mol. The van der Waals surface area contributed by atoms with Crippen LogP contribution in [0.15, 0.2) is 24.3 Å². The second-order valence-electron chi connectivity index (χ2n) is 9.46. The van der Waals surface area contributed by atoms with E-state index in [2.05, 4.69) is 10.6 Å². The van der Waals surface area contributed by atoms with E-state index in [1.807, 2.05) is 24.3 Å². The summed E-state index contributed by atoms with van der Waals surface area (Å²) in [7, 11) is 0. The smallest absolute Gasteiger partial charge is 0.228 e. The maximum absolute atomic E-state index is 12.4. The number of benzene rings is 1. The first-order chi connectivity index (χ1) is 14.6. The Kier molecular flexibility index (Phi) is 6.86. The van der Waals surface area contributed by atoms with Crippen molar-refractivity contribution in [3.8, 4) is 0 Å². The number of unbranched alkanes of at least 4 members (excludes halogenated alkanes) is 3. The molecule has 0 saturated heterocycles. The highest BCUT2D eigenvalue weighted by Crippen LogP contribution is 2.49. The highest BCUT2D eigenvalue weighted by atomic mass is 16.2. The maximum Gasteiger partial charge on any atom is 0.228 e. The van der Waals surface area contributed by atoms with E-state index in [4.69, 9.17) is 0 Å². The summed E-state index contributed by atoms with van der Waals surface area (Å²) in [6.07, 6.45) is 10.3. The first-order valence-corrected chi connectivity index (χ1v) is 11.8. The third kappa shape index (κ3) is 4.93. The first-order valence-electron chi connectivity index (χ1n) is 11.8. The molecule has 5 heteroatoms. The number of ketones is 1. The van der Waals surface area contributed by atoms with Crippen molar-refractivity contribution in [2.24, 2.45) is 17.8 Å². The molecule has 3 aliphatic carbocycles. The summed E-state index contributed by atoms with van der Waals surface area (Å²) in [5.74, 6) is 2.26. The van der Waals surface area contributed by atoms with Crippen LogP contribution in [-0.2, 0) is 9.59 Å². The third-order valence-corrected chi connectivity index (χ3v) is 7.40. The summed E-state index contributed by atoms with van der Waals surface area (Å²) >= 11 is 0. The summed E-state index contributed by atoms with van der Waals surface area (Å²) < 4.78 is 0. The number of rotatable bonds is 10. The molecule has 2 saturated carbocycles. The van der Waals surface area contributed by atoms with E-state index in [1.165, 1.54) is 25.7 Å². The van der Waals surface area contributed by atoms with E-state index in [-0.39, 0.29) is 29.9 Å². The molecule has 0 radical (unpaired) electrons. The molecule has 0 heterocycles. The van der Waals surface area contributed by atoms with Gasteiger partial charge in [-0.05, 0) is 55.4 Å². The van der Waals surface area contributed by atoms with Crippen molar-refractivity contribution in [3.05, 3.63) is 35.4 Å². The molecule has 4 atom stereocenters. The molecule has 2 amide bonds. The lowest BCUT2D eigenvalue weighted by molar-refractivity contribution is -0.123. The topological polar surface area (TPSA) is 75.3 Å². The highest BCUT2D eigenvalue weighted by molar-refractivity contribution is 6.06. The van der Waals surface area contributed by atoms with Crippen molar-refractivity contribution < 1.29 is 14.4 Å². The van der Waals surface area contributed by atoms with Gasteiger partial charge in [-0.1, -0.05) is 43.5 Å². The number of Topliss-reactive ketones (excluding diaryl/α,β-unsaturated/α-hetero) is 1. The van der Waals surface area contributed by atoms with Gasteiger partial charge in [-0.25, -0.2) is 0 Å². The Hall–Kier alpha value is -2.17. The van der Waals surface area contributed by atoms with Crippen molar-refractivity contribution in [2.75, 3.05) is 13.1 Å². The Morgan fingerprint density at radius 3 is 2.43 bits per heavy atom. The van der Waals surface area contributed by atoms with Crippen molar-refractivity contribution in [2.45, 2.75) is 70.1 Å². The minimum absolute atomic E-state index is 0.0406. The highest BCUT2D eigenvalue weighted by Gasteiger charge is 2.40. The second kappa shape index (κ2) is 9.76. The van der Waals surface area contributed by atoms with Crippen LogP contribution in [-0.4, -0.2) is 30.7 Å². The normalized spacial score (nSPS) is 26.6. The van der Waals surface area contributed by atoms with E-state index >= 15 is 0 Å². The lowest BCUT2D eigenvalue weighted by atomic mass is 9.86. The van der Waals surface area contributed by atoms with Gasteiger partial charge in [0, 0.05) is 31.5 Å². The number of nitrogens with one attached hydrogen (secondary N) is 2. The number of amides is 2. The molecule has 2 fully saturated rings. The van der Waals surface area contributed by atoms with Crippen LogP contribution in [0.2, 0.25) is 0 Å². The molecule has 2 N–H and O–H groups in total. The van der Waals surface area contributed by atoms with Crippen LogP contribution in [0.5, 0.6) is 0 Å². The zero-order valence-electron chi connectivity index (χ0n) is 17.8. The van der Waals surface area contributed by atoms with Gasteiger partial charge in [0.25, 0.3) is 0 Å². The number of hydrogen-bond acceptors (Lipinski definition) is 3. The monoisotopic (exact) mass is 410 g/mol. The molecule has 0 aromatic heterocycles. The molecular formula is C25H34N2O3. The van der Waals surface area contributed by atoms with Gasteiger partial charge < -0.3 is 10.6 Å². The summed E-state index contributed by atoms with van der Waals surface area (Å²) in [5.41, 5.74) is 1.56. The van der Waals surface area contributed by atoms with Crippen molar-refractivity contribution in [1.82, 2.24) is 10.6 Å². The average Bonchev–Trinajstić information content (AvgIpc) is 3.45. The van der Waals surface area contributed by atoms with Crippen LogP contribution in [0.3, 0.4) is 0 Å². The molecule has 4 rings (SSSR count). The molecule has 3 aliphatic rings. The van der Waals surface area contributed by atoms with Crippen LogP contribution in [0.1, 0.15) is 86.0 Å². The van der Waals surface area contributed by atoms with Crippen molar-refractivity contribution in [1.29, 1.82) is 0 Å². The molecule has 4 unspecified atom stereocenters. The van der Waals surface area contributed by atoms with Crippen LogP contribution in [0.25, 0.3) is 0 Å². The molecule has 0 spiro atoms. The standard InChI is InChI=1S/C25H34N2O3/c28-23-16-22(20-7-3-4-8-21(20)23)25(30)27-12-6-2-1-5-11-26-24(29)15-19-14-17-9-10-18(19)13-17/h3-4,7-8,17-19,22H,1-2,5-6,9-16H2,(H,26,29)(H,27,30). The van der Waals surface area contributed by atoms with E-state index in [1.54, 1.807) is 0 Å². The van der Waals surface area contributed by atoms with E-state index in [0.29, 0.717) is 18.0 Å². The van der Waals surface area contributed by atoms with Gasteiger partial charge >= 0.3 is 0 Å². The van der Waals surface area contributed by atoms with E-state index < -0.39 is 0 Å². The second-order valence-corrected chi connectivity index (χ2v) is 9.46. The summed E-state index contributed by atoms with van der Waals surface area (Å²) in [5, 5.41) is 6.08. The lowest BCUT2D eigenvalue weighted by Crippen LogP contribution is -2.29. The van der Waals surface area contributed by atoms with Crippen LogP contribution >= 0.6 is 0 Å². The molecule has 30 heavy (non-hydrogen) atoms. The Bertz CT molecular complexity index is 790. The summed E-state index contributed by atoms with van der Waals surface area (Å²) in [4.78, 5) is 36.6. The third-order valence-electron chi connectivity index (χ3n) is 7.40.